The second-order valence-corrected chi connectivity index (χ2v) is 5.99. The van der Waals surface area contributed by atoms with Gasteiger partial charge in [-0.05, 0) is 44.4 Å². The van der Waals surface area contributed by atoms with Crippen molar-refractivity contribution in [1.29, 1.82) is 0 Å². The number of halogens is 2. The third-order valence-electron chi connectivity index (χ3n) is 4.70. The van der Waals surface area contributed by atoms with Gasteiger partial charge in [0.2, 0.25) is 0 Å². The van der Waals surface area contributed by atoms with E-state index in [0.29, 0.717) is 22.9 Å². The third-order valence-corrected chi connectivity index (χ3v) is 5.03. The van der Waals surface area contributed by atoms with Gasteiger partial charge in [0.15, 0.2) is 0 Å². The van der Waals surface area contributed by atoms with E-state index in [9.17, 15) is 4.39 Å². The number of anilines is 1. The van der Waals surface area contributed by atoms with E-state index in [0.717, 1.165) is 13.0 Å². The van der Waals surface area contributed by atoms with Crippen LogP contribution in [0.25, 0.3) is 0 Å². The maximum absolute atomic E-state index is 13.3. The van der Waals surface area contributed by atoms with Gasteiger partial charge in [0.25, 0.3) is 0 Å². The zero-order chi connectivity index (χ0) is 13.5. The first-order valence-corrected chi connectivity index (χ1v) is 7.37. The van der Waals surface area contributed by atoms with Gasteiger partial charge in [0, 0.05) is 18.1 Å². The van der Waals surface area contributed by atoms with Crippen molar-refractivity contribution in [2.75, 3.05) is 11.9 Å². The molecule has 0 amide bonds. The highest BCUT2D eigenvalue weighted by Crippen LogP contribution is 2.58. The fourth-order valence-electron chi connectivity index (χ4n) is 3.44. The average Bonchev–Trinajstić information content (AvgIpc) is 2.30. The predicted octanol–water partition coefficient (Wildman–Crippen LogP) is 4.24. The lowest BCUT2D eigenvalue weighted by Crippen LogP contribution is -2.64. The van der Waals surface area contributed by atoms with Crippen molar-refractivity contribution in [3.8, 4) is 0 Å². The number of hydrogen-bond acceptors (Lipinski definition) is 2. The van der Waals surface area contributed by atoms with E-state index in [2.05, 4.69) is 5.32 Å². The standard InChI is InChI=1S/C15H19ClFNO/c1-2-19-14-9-13(15(14)6-3-7-15)18-12-8-10(17)4-5-11(12)16/h4-5,8,13-14,18H,2-3,6-7,9H2,1H3. The molecule has 2 atom stereocenters. The van der Waals surface area contributed by atoms with Gasteiger partial charge in [-0.25, -0.2) is 4.39 Å². The molecular weight excluding hydrogens is 265 g/mol. The summed E-state index contributed by atoms with van der Waals surface area (Å²) in [4.78, 5) is 0. The Hall–Kier alpha value is -0.800. The van der Waals surface area contributed by atoms with Gasteiger partial charge < -0.3 is 10.1 Å². The summed E-state index contributed by atoms with van der Waals surface area (Å²) in [6.45, 7) is 2.80. The first kappa shape index (κ1) is 13.2. The highest BCUT2D eigenvalue weighted by molar-refractivity contribution is 6.33. The van der Waals surface area contributed by atoms with E-state index in [1.807, 2.05) is 6.92 Å². The summed E-state index contributed by atoms with van der Waals surface area (Å²) in [5, 5.41) is 4.00. The summed E-state index contributed by atoms with van der Waals surface area (Å²) >= 11 is 6.11. The Morgan fingerprint density at radius 1 is 1.47 bits per heavy atom. The van der Waals surface area contributed by atoms with Crippen LogP contribution < -0.4 is 5.32 Å². The molecule has 4 heteroatoms. The smallest absolute Gasteiger partial charge is 0.125 e. The van der Waals surface area contributed by atoms with E-state index >= 15 is 0 Å². The first-order valence-electron chi connectivity index (χ1n) is 6.99. The Kier molecular flexibility index (Phi) is 3.44. The fraction of sp³-hybridized carbons (Fsp3) is 0.600. The largest absolute Gasteiger partial charge is 0.380 e. The Balaban J connectivity index is 1.72. The third kappa shape index (κ3) is 2.13. The van der Waals surface area contributed by atoms with Crippen molar-refractivity contribution in [3.63, 3.8) is 0 Å². The summed E-state index contributed by atoms with van der Waals surface area (Å²) in [7, 11) is 0. The topological polar surface area (TPSA) is 21.3 Å². The van der Waals surface area contributed by atoms with Crippen LogP contribution in [0, 0.1) is 11.2 Å². The lowest BCUT2D eigenvalue weighted by Gasteiger charge is -2.61. The summed E-state index contributed by atoms with van der Waals surface area (Å²) < 4.78 is 19.1. The highest BCUT2D eigenvalue weighted by atomic mass is 35.5. The zero-order valence-electron chi connectivity index (χ0n) is 11.1. The van der Waals surface area contributed by atoms with Crippen molar-refractivity contribution < 1.29 is 9.13 Å². The van der Waals surface area contributed by atoms with Gasteiger partial charge in [-0.15, -0.1) is 0 Å². The van der Waals surface area contributed by atoms with Crippen molar-refractivity contribution in [2.24, 2.45) is 5.41 Å². The normalized spacial score (nSPS) is 27.7. The van der Waals surface area contributed by atoms with Crippen molar-refractivity contribution in [2.45, 2.75) is 44.8 Å². The van der Waals surface area contributed by atoms with Crippen molar-refractivity contribution >= 4 is 17.3 Å². The molecule has 104 valence electrons. The molecule has 1 aromatic carbocycles. The maximum Gasteiger partial charge on any atom is 0.125 e. The number of rotatable bonds is 4. The van der Waals surface area contributed by atoms with Gasteiger partial charge in [-0.3, -0.25) is 0 Å². The van der Waals surface area contributed by atoms with Crippen LogP contribution in [-0.4, -0.2) is 18.8 Å². The number of nitrogens with one attached hydrogen (secondary N) is 1. The minimum absolute atomic E-state index is 0.254. The SMILES string of the molecule is CCOC1CC(Nc2cc(F)ccc2Cl)C12CCC2. The Morgan fingerprint density at radius 3 is 2.89 bits per heavy atom. The van der Waals surface area contributed by atoms with Gasteiger partial charge in [-0.2, -0.15) is 0 Å². The highest BCUT2D eigenvalue weighted by Gasteiger charge is 2.58. The van der Waals surface area contributed by atoms with Crippen LogP contribution in [0.4, 0.5) is 10.1 Å². The van der Waals surface area contributed by atoms with E-state index in [1.54, 1.807) is 6.07 Å². The van der Waals surface area contributed by atoms with Gasteiger partial charge >= 0.3 is 0 Å². The van der Waals surface area contributed by atoms with Crippen LogP contribution in [0.3, 0.4) is 0 Å². The van der Waals surface area contributed by atoms with Crippen LogP contribution in [0.1, 0.15) is 32.6 Å². The van der Waals surface area contributed by atoms with Crippen molar-refractivity contribution in [3.05, 3.63) is 29.0 Å². The van der Waals surface area contributed by atoms with Crippen LogP contribution in [0.5, 0.6) is 0 Å². The monoisotopic (exact) mass is 283 g/mol. The van der Waals surface area contributed by atoms with E-state index < -0.39 is 0 Å². The summed E-state index contributed by atoms with van der Waals surface area (Å²) in [6, 6.07) is 4.82. The summed E-state index contributed by atoms with van der Waals surface area (Å²) in [5.74, 6) is -0.254. The van der Waals surface area contributed by atoms with Crippen molar-refractivity contribution in [1.82, 2.24) is 0 Å². The van der Waals surface area contributed by atoms with E-state index in [-0.39, 0.29) is 11.2 Å². The molecule has 3 rings (SSSR count). The average molecular weight is 284 g/mol. The lowest BCUT2D eigenvalue weighted by atomic mass is 9.51. The molecule has 2 nitrogen and oxygen atoms in total. The van der Waals surface area contributed by atoms with Gasteiger partial charge in [0.1, 0.15) is 5.82 Å². The molecule has 19 heavy (non-hydrogen) atoms. The first-order chi connectivity index (χ1) is 9.15. The zero-order valence-corrected chi connectivity index (χ0v) is 11.8. The molecule has 0 heterocycles. The van der Waals surface area contributed by atoms with Gasteiger partial charge in [0.05, 0.1) is 16.8 Å². The van der Waals surface area contributed by atoms with E-state index in [1.165, 1.54) is 31.4 Å². The number of hydrogen-bond donors (Lipinski definition) is 1. The molecule has 2 saturated carbocycles. The fourth-order valence-corrected chi connectivity index (χ4v) is 3.61. The molecule has 2 unspecified atom stereocenters. The van der Waals surface area contributed by atoms with E-state index in [4.69, 9.17) is 16.3 Å². The van der Waals surface area contributed by atoms with Crippen LogP contribution >= 0.6 is 11.6 Å². The maximum atomic E-state index is 13.3. The molecule has 2 aliphatic rings. The Bertz CT molecular complexity index is 475. The molecule has 0 saturated heterocycles. The summed E-state index contributed by atoms with van der Waals surface area (Å²) in [6.07, 6.45) is 5.00. The number of benzene rings is 1. The Labute approximate surface area is 118 Å². The minimum Gasteiger partial charge on any atom is -0.380 e. The second kappa shape index (κ2) is 4.95. The van der Waals surface area contributed by atoms with Crippen LogP contribution in [0.15, 0.2) is 18.2 Å². The second-order valence-electron chi connectivity index (χ2n) is 5.59. The molecule has 1 aromatic rings. The molecule has 1 spiro atoms. The molecule has 0 aromatic heterocycles. The quantitative estimate of drug-likeness (QED) is 0.892. The molecule has 2 aliphatic carbocycles. The molecule has 0 bridgehead atoms. The van der Waals surface area contributed by atoms with Crippen LogP contribution in [0.2, 0.25) is 5.02 Å². The molecule has 0 aliphatic heterocycles. The molecule has 1 N–H and O–H groups in total. The molecule has 0 radical (unpaired) electrons. The summed E-state index contributed by atoms with van der Waals surface area (Å²) in [5.41, 5.74) is 0.957. The Morgan fingerprint density at radius 2 is 2.26 bits per heavy atom. The molecular formula is C15H19ClFNO. The van der Waals surface area contributed by atoms with Gasteiger partial charge in [-0.1, -0.05) is 18.0 Å². The minimum atomic E-state index is -0.254. The lowest BCUT2D eigenvalue weighted by molar-refractivity contribution is -0.157. The van der Waals surface area contributed by atoms with Crippen LogP contribution in [-0.2, 0) is 4.74 Å². The molecule has 2 fully saturated rings. The predicted molar refractivity (Wildman–Crippen MR) is 75.1 cm³/mol. The number of ether oxygens (including phenoxy) is 1.